The van der Waals surface area contributed by atoms with Gasteiger partial charge in [0, 0.05) is 64.2 Å². The molecule has 0 spiro atoms. The van der Waals surface area contributed by atoms with Gasteiger partial charge in [-0.1, -0.05) is 6.92 Å². The van der Waals surface area contributed by atoms with Gasteiger partial charge in [-0.05, 0) is 44.6 Å². The molecule has 3 rings (SSSR count). The van der Waals surface area contributed by atoms with Crippen molar-refractivity contribution < 1.29 is 14.4 Å². The van der Waals surface area contributed by atoms with Gasteiger partial charge in [0.05, 0.1) is 0 Å². The zero-order valence-corrected chi connectivity index (χ0v) is 17.7. The zero-order chi connectivity index (χ0) is 20.6. The van der Waals surface area contributed by atoms with E-state index in [9.17, 15) is 14.4 Å². The molecule has 0 saturated carbocycles. The fourth-order valence-corrected chi connectivity index (χ4v) is 4.37. The molecule has 3 aliphatic rings. The van der Waals surface area contributed by atoms with Crippen LogP contribution in [0.15, 0.2) is 5.10 Å². The Hall–Kier alpha value is -1.96. The summed E-state index contributed by atoms with van der Waals surface area (Å²) >= 11 is 0. The molecule has 0 atom stereocenters. The second-order valence-electron chi connectivity index (χ2n) is 8.39. The van der Waals surface area contributed by atoms with Crippen molar-refractivity contribution >= 4 is 23.4 Å². The summed E-state index contributed by atoms with van der Waals surface area (Å²) in [6.45, 7) is 8.49. The first-order valence-electron chi connectivity index (χ1n) is 11.2. The molecule has 8 heteroatoms. The van der Waals surface area contributed by atoms with Crippen LogP contribution in [-0.4, -0.2) is 83.9 Å². The summed E-state index contributed by atoms with van der Waals surface area (Å²) < 4.78 is 0. The molecule has 0 aromatic rings. The van der Waals surface area contributed by atoms with Crippen molar-refractivity contribution in [3.05, 3.63) is 0 Å². The zero-order valence-electron chi connectivity index (χ0n) is 17.7. The average molecular weight is 406 g/mol. The van der Waals surface area contributed by atoms with Gasteiger partial charge in [-0.25, -0.2) is 5.43 Å². The van der Waals surface area contributed by atoms with Crippen molar-refractivity contribution in [1.29, 1.82) is 0 Å². The number of hydrogen-bond acceptors (Lipinski definition) is 5. The van der Waals surface area contributed by atoms with E-state index in [2.05, 4.69) is 22.4 Å². The van der Waals surface area contributed by atoms with Gasteiger partial charge in [-0.2, -0.15) is 5.10 Å². The summed E-state index contributed by atoms with van der Waals surface area (Å²) in [5, 5.41) is 4.04. The lowest BCUT2D eigenvalue weighted by Crippen LogP contribution is -2.48. The third kappa shape index (κ3) is 6.52. The number of likely N-dealkylation sites (tertiary alicyclic amines) is 1. The molecule has 162 valence electrons. The molecule has 8 nitrogen and oxygen atoms in total. The molecule has 29 heavy (non-hydrogen) atoms. The highest BCUT2D eigenvalue weighted by molar-refractivity contribution is 5.94. The Balaban J connectivity index is 1.30. The first kappa shape index (κ1) is 21.7. The number of amides is 3. The SMILES string of the molecule is CCN1CCN(C(=O)CCC2CCN(C(=O)CCC3=NNC(=O)CC3)CC2)CC1. The normalized spacial score (nSPS) is 21.7. The van der Waals surface area contributed by atoms with E-state index in [0.717, 1.165) is 70.8 Å². The van der Waals surface area contributed by atoms with Gasteiger partial charge < -0.3 is 14.7 Å². The predicted molar refractivity (Wildman–Crippen MR) is 111 cm³/mol. The molecule has 0 aliphatic carbocycles. The molecule has 3 amide bonds. The van der Waals surface area contributed by atoms with Crippen molar-refractivity contribution in [2.24, 2.45) is 11.0 Å². The molecule has 0 aromatic carbocycles. The van der Waals surface area contributed by atoms with Crippen LogP contribution in [0.4, 0.5) is 0 Å². The molecule has 3 aliphatic heterocycles. The van der Waals surface area contributed by atoms with Crippen molar-refractivity contribution in [2.75, 3.05) is 45.8 Å². The van der Waals surface area contributed by atoms with Crippen molar-refractivity contribution in [2.45, 2.75) is 58.3 Å². The number of piperidine rings is 1. The second kappa shape index (κ2) is 10.7. The molecule has 0 unspecified atom stereocenters. The molecule has 1 N–H and O–H groups in total. The van der Waals surface area contributed by atoms with Crippen LogP contribution >= 0.6 is 0 Å². The van der Waals surface area contributed by atoms with E-state index in [4.69, 9.17) is 0 Å². The maximum Gasteiger partial charge on any atom is 0.240 e. The van der Waals surface area contributed by atoms with E-state index in [-0.39, 0.29) is 11.8 Å². The highest BCUT2D eigenvalue weighted by Crippen LogP contribution is 2.23. The van der Waals surface area contributed by atoms with Gasteiger partial charge >= 0.3 is 0 Å². The van der Waals surface area contributed by atoms with Gasteiger partial charge in [-0.15, -0.1) is 0 Å². The number of hydrogen-bond donors (Lipinski definition) is 1. The van der Waals surface area contributed by atoms with Gasteiger partial charge in [0.25, 0.3) is 0 Å². The number of rotatable bonds is 7. The Kier molecular flexibility index (Phi) is 8.03. The Labute approximate surface area is 173 Å². The van der Waals surface area contributed by atoms with Gasteiger partial charge in [0.1, 0.15) is 0 Å². The minimum atomic E-state index is -0.0520. The lowest BCUT2D eigenvalue weighted by Gasteiger charge is -2.35. The lowest BCUT2D eigenvalue weighted by atomic mass is 9.91. The Morgan fingerprint density at radius 2 is 1.62 bits per heavy atom. The molecular formula is C21H35N5O3. The monoisotopic (exact) mass is 405 g/mol. The molecular weight excluding hydrogens is 370 g/mol. The summed E-state index contributed by atoms with van der Waals surface area (Å²) in [7, 11) is 0. The summed E-state index contributed by atoms with van der Waals surface area (Å²) in [5.41, 5.74) is 3.39. The Morgan fingerprint density at radius 1 is 0.966 bits per heavy atom. The number of hydrazone groups is 1. The topological polar surface area (TPSA) is 85.3 Å². The van der Waals surface area contributed by atoms with Crippen molar-refractivity contribution in [3.63, 3.8) is 0 Å². The molecule has 0 aromatic heterocycles. The summed E-state index contributed by atoms with van der Waals surface area (Å²) in [4.78, 5) is 42.4. The number of carbonyl (C=O) groups is 3. The molecule has 2 saturated heterocycles. The third-order valence-electron chi connectivity index (χ3n) is 6.51. The smallest absolute Gasteiger partial charge is 0.240 e. The number of nitrogens with zero attached hydrogens (tertiary/aromatic N) is 4. The van der Waals surface area contributed by atoms with E-state index in [0.29, 0.717) is 43.9 Å². The number of carbonyl (C=O) groups excluding carboxylic acids is 3. The highest BCUT2D eigenvalue weighted by atomic mass is 16.2. The fourth-order valence-electron chi connectivity index (χ4n) is 4.37. The average Bonchev–Trinajstić information content (AvgIpc) is 2.77. The fraction of sp³-hybridized carbons (Fsp3) is 0.810. The number of piperazine rings is 1. The highest BCUT2D eigenvalue weighted by Gasteiger charge is 2.25. The Bertz CT molecular complexity index is 620. The summed E-state index contributed by atoms with van der Waals surface area (Å²) in [6, 6.07) is 0. The first-order chi connectivity index (χ1) is 14.0. The van der Waals surface area contributed by atoms with E-state index in [1.54, 1.807) is 0 Å². The van der Waals surface area contributed by atoms with Crippen LogP contribution in [0, 0.1) is 5.92 Å². The van der Waals surface area contributed by atoms with Gasteiger partial charge in [0.15, 0.2) is 0 Å². The van der Waals surface area contributed by atoms with Crippen LogP contribution in [-0.2, 0) is 14.4 Å². The molecule has 2 fully saturated rings. The van der Waals surface area contributed by atoms with Crippen molar-refractivity contribution in [3.8, 4) is 0 Å². The Morgan fingerprint density at radius 3 is 2.24 bits per heavy atom. The lowest BCUT2D eigenvalue weighted by molar-refractivity contribution is -0.134. The van der Waals surface area contributed by atoms with Crippen LogP contribution in [0.5, 0.6) is 0 Å². The quantitative estimate of drug-likeness (QED) is 0.690. The van der Waals surface area contributed by atoms with E-state index >= 15 is 0 Å². The predicted octanol–water partition coefficient (Wildman–Crippen LogP) is 1.22. The van der Waals surface area contributed by atoms with Gasteiger partial charge in [-0.3, -0.25) is 14.4 Å². The molecule has 3 heterocycles. The molecule has 0 bridgehead atoms. The van der Waals surface area contributed by atoms with E-state index < -0.39 is 0 Å². The minimum Gasteiger partial charge on any atom is -0.343 e. The van der Waals surface area contributed by atoms with Crippen LogP contribution in [0.25, 0.3) is 0 Å². The van der Waals surface area contributed by atoms with Crippen LogP contribution in [0.1, 0.15) is 58.3 Å². The standard InChI is InChI=1S/C21H35N5O3/c1-2-24-13-15-26(16-14-24)20(28)7-3-17-9-11-25(12-10-17)21(29)8-5-18-4-6-19(27)23-22-18/h17H,2-16H2,1H3,(H,23,27). The van der Waals surface area contributed by atoms with Gasteiger partial charge in [0.2, 0.25) is 17.7 Å². The summed E-state index contributed by atoms with van der Waals surface area (Å²) in [6.07, 6.45) is 5.75. The molecule has 0 radical (unpaired) electrons. The van der Waals surface area contributed by atoms with E-state index in [1.165, 1.54) is 0 Å². The van der Waals surface area contributed by atoms with Crippen molar-refractivity contribution in [1.82, 2.24) is 20.1 Å². The second-order valence-corrected chi connectivity index (χ2v) is 8.39. The number of nitrogens with one attached hydrogen (secondary N) is 1. The summed E-state index contributed by atoms with van der Waals surface area (Å²) in [5.74, 6) is 0.953. The largest absolute Gasteiger partial charge is 0.343 e. The van der Waals surface area contributed by atoms with E-state index in [1.807, 2.05) is 9.80 Å². The maximum atomic E-state index is 12.5. The third-order valence-corrected chi connectivity index (χ3v) is 6.51. The van der Waals surface area contributed by atoms with Crippen LogP contribution in [0.2, 0.25) is 0 Å². The maximum absolute atomic E-state index is 12.5. The minimum absolute atomic E-state index is 0.0520. The first-order valence-corrected chi connectivity index (χ1v) is 11.2. The number of likely N-dealkylation sites (N-methyl/N-ethyl adjacent to an activating group) is 1. The van der Waals surface area contributed by atoms with Crippen LogP contribution < -0.4 is 5.43 Å². The van der Waals surface area contributed by atoms with Crippen LogP contribution in [0.3, 0.4) is 0 Å².